The molecule has 0 aliphatic rings. The van der Waals surface area contributed by atoms with E-state index >= 15 is 0 Å². The smallest absolute Gasteiger partial charge is 0.194 e. The van der Waals surface area contributed by atoms with Crippen molar-refractivity contribution < 1.29 is 0 Å². The highest BCUT2D eigenvalue weighted by atomic mass is 16.1. The van der Waals surface area contributed by atoms with Gasteiger partial charge in [-0.15, -0.1) is 0 Å². The van der Waals surface area contributed by atoms with Crippen molar-refractivity contribution in [2.45, 2.75) is 0 Å². The summed E-state index contributed by atoms with van der Waals surface area (Å²) in [4.78, 5) is 12.4. The summed E-state index contributed by atoms with van der Waals surface area (Å²) in [6, 6.07) is 18.6. The molecule has 18 heavy (non-hydrogen) atoms. The van der Waals surface area contributed by atoms with Gasteiger partial charge in [0.05, 0.1) is 11.6 Å². The molecule has 3 aromatic carbocycles. The minimum atomic E-state index is -0.0253. The highest BCUT2D eigenvalue weighted by molar-refractivity contribution is 5.96. The maximum Gasteiger partial charge on any atom is 0.194 e. The summed E-state index contributed by atoms with van der Waals surface area (Å²) in [6.45, 7) is 0. The minimum absolute atomic E-state index is 0.0253. The molecule has 3 aromatic rings. The van der Waals surface area contributed by atoms with Gasteiger partial charge in [-0.2, -0.15) is 5.26 Å². The predicted molar refractivity (Wildman–Crippen MR) is 72.4 cm³/mol. The lowest BCUT2D eigenvalue weighted by Crippen LogP contribution is -1.97. The van der Waals surface area contributed by atoms with Crippen LogP contribution in [0.15, 0.2) is 59.4 Å². The Bertz CT molecular complexity index is 860. The van der Waals surface area contributed by atoms with E-state index in [1.54, 1.807) is 18.2 Å². The Kier molecular flexibility index (Phi) is 2.32. The molecule has 0 bridgehead atoms. The van der Waals surface area contributed by atoms with E-state index < -0.39 is 0 Å². The van der Waals surface area contributed by atoms with Gasteiger partial charge >= 0.3 is 0 Å². The van der Waals surface area contributed by atoms with Crippen LogP contribution in [0.3, 0.4) is 0 Å². The summed E-state index contributed by atoms with van der Waals surface area (Å²) in [5, 5.41) is 12.0. The third kappa shape index (κ3) is 1.46. The van der Waals surface area contributed by atoms with Gasteiger partial charge < -0.3 is 0 Å². The lowest BCUT2D eigenvalue weighted by atomic mass is 10.1. The van der Waals surface area contributed by atoms with Gasteiger partial charge in [0.2, 0.25) is 0 Å². The first-order valence-electron chi connectivity index (χ1n) is 5.66. The van der Waals surface area contributed by atoms with E-state index in [-0.39, 0.29) is 5.43 Å². The summed E-state index contributed by atoms with van der Waals surface area (Å²) in [7, 11) is 0. The molecule has 0 radical (unpaired) electrons. The van der Waals surface area contributed by atoms with Crippen LogP contribution in [0.4, 0.5) is 0 Å². The average Bonchev–Trinajstić information content (AvgIpc) is 2.55. The Hall–Kier alpha value is -2.66. The molecule has 0 saturated heterocycles. The van der Waals surface area contributed by atoms with Gasteiger partial charge in [-0.05, 0) is 11.5 Å². The number of benzene rings is 2. The molecule has 0 fully saturated rings. The highest BCUT2D eigenvalue weighted by Gasteiger charge is 2.05. The van der Waals surface area contributed by atoms with E-state index in [4.69, 9.17) is 0 Å². The molecule has 0 aliphatic heterocycles. The highest BCUT2D eigenvalue weighted by Crippen LogP contribution is 2.19. The Balaban J connectivity index is 2.75. The number of hydrogen-bond donors (Lipinski definition) is 0. The maximum atomic E-state index is 12.4. The zero-order chi connectivity index (χ0) is 12.5. The molecular formula is C16H9NO. The van der Waals surface area contributed by atoms with Gasteiger partial charge in [0, 0.05) is 16.2 Å². The molecule has 0 amide bonds. The molecule has 84 valence electrons. The van der Waals surface area contributed by atoms with Crippen molar-refractivity contribution in [1.82, 2.24) is 0 Å². The number of hydrogen-bond acceptors (Lipinski definition) is 2. The van der Waals surface area contributed by atoms with Crippen LogP contribution in [-0.4, -0.2) is 0 Å². The van der Waals surface area contributed by atoms with E-state index in [1.165, 1.54) is 0 Å². The van der Waals surface area contributed by atoms with Gasteiger partial charge in [0.1, 0.15) is 0 Å². The first kappa shape index (κ1) is 10.5. The zero-order valence-corrected chi connectivity index (χ0v) is 9.55. The van der Waals surface area contributed by atoms with Crippen LogP contribution in [0.5, 0.6) is 0 Å². The van der Waals surface area contributed by atoms with Crippen molar-refractivity contribution in [1.29, 1.82) is 5.26 Å². The van der Waals surface area contributed by atoms with Crippen LogP contribution in [0.25, 0.3) is 21.5 Å². The standard InChI is InChI=1S/C16H9NO/c17-10-12-9-11-5-1-2-7-14(11)16(18)15-8-4-3-6-13(12)15/h1-9H. The summed E-state index contributed by atoms with van der Waals surface area (Å²) < 4.78 is 0. The van der Waals surface area contributed by atoms with Crippen molar-refractivity contribution >= 4 is 21.5 Å². The predicted octanol–water partition coefficient (Wildman–Crippen LogP) is 3.22. The third-order valence-electron chi connectivity index (χ3n) is 3.09. The molecule has 2 nitrogen and oxygen atoms in total. The van der Waals surface area contributed by atoms with Gasteiger partial charge in [0.25, 0.3) is 0 Å². The topological polar surface area (TPSA) is 40.9 Å². The van der Waals surface area contributed by atoms with Crippen LogP contribution in [0.2, 0.25) is 0 Å². The number of nitrogens with zero attached hydrogens (tertiary/aromatic N) is 1. The van der Waals surface area contributed by atoms with Crippen molar-refractivity contribution in [3.05, 3.63) is 70.4 Å². The number of nitriles is 1. The van der Waals surface area contributed by atoms with E-state index in [1.807, 2.05) is 36.4 Å². The molecule has 0 atom stereocenters. The normalized spacial score (nSPS) is 10.4. The molecule has 0 N–H and O–H groups in total. The van der Waals surface area contributed by atoms with Gasteiger partial charge in [0.15, 0.2) is 5.43 Å². The van der Waals surface area contributed by atoms with Crippen LogP contribution in [-0.2, 0) is 0 Å². The SMILES string of the molecule is N#Cc1cc2ccccc2c(=O)c2ccccc12. The third-order valence-corrected chi connectivity index (χ3v) is 3.09. The summed E-state index contributed by atoms with van der Waals surface area (Å²) in [5.74, 6) is 0. The second kappa shape index (κ2) is 3.97. The molecule has 0 spiro atoms. The van der Waals surface area contributed by atoms with Crippen molar-refractivity contribution in [2.24, 2.45) is 0 Å². The largest absolute Gasteiger partial charge is 0.289 e. The van der Waals surface area contributed by atoms with Crippen molar-refractivity contribution in [3.8, 4) is 6.07 Å². The lowest BCUT2D eigenvalue weighted by Gasteiger charge is -1.91. The van der Waals surface area contributed by atoms with Crippen molar-refractivity contribution in [2.75, 3.05) is 0 Å². The fourth-order valence-corrected chi connectivity index (χ4v) is 2.22. The monoisotopic (exact) mass is 231 g/mol. The van der Waals surface area contributed by atoms with Gasteiger partial charge in [-0.3, -0.25) is 4.79 Å². The Morgan fingerprint density at radius 1 is 0.833 bits per heavy atom. The van der Waals surface area contributed by atoms with Crippen LogP contribution in [0, 0.1) is 11.3 Å². The molecule has 0 aliphatic carbocycles. The molecule has 2 heteroatoms. The lowest BCUT2D eigenvalue weighted by molar-refractivity contribution is 1.51. The summed E-state index contributed by atoms with van der Waals surface area (Å²) in [6.07, 6.45) is 0. The van der Waals surface area contributed by atoms with Crippen molar-refractivity contribution in [3.63, 3.8) is 0 Å². The van der Waals surface area contributed by atoms with E-state index in [2.05, 4.69) is 6.07 Å². The molecule has 0 unspecified atom stereocenters. The second-order valence-electron chi connectivity index (χ2n) is 4.13. The van der Waals surface area contributed by atoms with Gasteiger partial charge in [-0.1, -0.05) is 48.5 Å². The molecule has 3 rings (SSSR count). The summed E-state index contributed by atoms with van der Waals surface area (Å²) in [5.41, 5.74) is 0.506. The van der Waals surface area contributed by atoms with E-state index in [0.29, 0.717) is 21.7 Å². The van der Waals surface area contributed by atoms with E-state index in [0.717, 1.165) is 5.39 Å². The quantitative estimate of drug-likeness (QED) is 0.596. The average molecular weight is 231 g/mol. The number of rotatable bonds is 0. The first-order chi connectivity index (χ1) is 8.81. The van der Waals surface area contributed by atoms with E-state index in [9.17, 15) is 10.1 Å². The van der Waals surface area contributed by atoms with Crippen LogP contribution in [0.1, 0.15) is 5.56 Å². The fraction of sp³-hybridized carbons (Fsp3) is 0. The van der Waals surface area contributed by atoms with Crippen LogP contribution < -0.4 is 5.43 Å². The Morgan fingerprint density at radius 2 is 1.44 bits per heavy atom. The number of fused-ring (bicyclic) bond motifs is 2. The Morgan fingerprint density at radius 3 is 2.17 bits per heavy atom. The fourth-order valence-electron chi connectivity index (χ4n) is 2.22. The zero-order valence-electron chi connectivity index (χ0n) is 9.55. The van der Waals surface area contributed by atoms with Crippen LogP contribution >= 0.6 is 0 Å². The molecule has 0 heterocycles. The first-order valence-corrected chi connectivity index (χ1v) is 5.66. The molecule has 0 saturated carbocycles. The van der Waals surface area contributed by atoms with Gasteiger partial charge in [-0.25, -0.2) is 0 Å². The molecule has 0 aromatic heterocycles. The second-order valence-corrected chi connectivity index (χ2v) is 4.13. The molecular weight excluding hydrogens is 222 g/mol. The Labute approximate surface area is 104 Å². The maximum absolute atomic E-state index is 12.4. The summed E-state index contributed by atoms with van der Waals surface area (Å²) >= 11 is 0. The minimum Gasteiger partial charge on any atom is -0.289 e.